The first-order valence-corrected chi connectivity index (χ1v) is 7.85. The predicted molar refractivity (Wildman–Crippen MR) is 88.0 cm³/mol. The average Bonchev–Trinajstić information content (AvgIpc) is 2.80. The van der Waals surface area contributed by atoms with Crippen LogP contribution in [0, 0.1) is 0 Å². The van der Waals surface area contributed by atoms with Crippen molar-refractivity contribution >= 4 is 5.95 Å². The van der Waals surface area contributed by atoms with Gasteiger partial charge in [-0.25, -0.2) is 4.98 Å². The lowest BCUT2D eigenvalue weighted by molar-refractivity contribution is 0.233. The molecule has 2 aromatic heterocycles. The highest BCUT2D eigenvalue weighted by molar-refractivity contribution is 5.31. The van der Waals surface area contributed by atoms with Gasteiger partial charge in [0.1, 0.15) is 11.9 Å². The van der Waals surface area contributed by atoms with E-state index in [0.29, 0.717) is 12.5 Å². The van der Waals surface area contributed by atoms with E-state index in [-0.39, 0.29) is 11.7 Å². The second-order valence-electron chi connectivity index (χ2n) is 5.59. The van der Waals surface area contributed by atoms with Gasteiger partial charge in [0.25, 0.3) is 5.56 Å². The molecule has 0 aliphatic carbocycles. The van der Waals surface area contributed by atoms with Gasteiger partial charge in [0.2, 0.25) is 5.95 Å². The summed E-state index contributed by atoms with van der Waals surface area (Å²) in [5, 5.41) is 6.42. The summed E-state index contributed by atoms with van der Waals surface area (Å²) in [7, 11) is 0. The van der Waals surface area contributed by atoms with Crippen LogP contribution in [0.2, 0.25) is 0 Å². The van der Waals surface area contributed by atoms with Crippen LogP contribution in [0.25, 0.3) is 0 Å². The van der Waals surface area contributed by atoms with Gasteiger partial charge in [-0.15, -0.1) is 0 Å². The fourth-order valence-corrected chi connectivity index (χ4v) is 2.57. The van der Waals surface area contributed by atoms with Crippen molar-refractivity contribution < 1.29 is 4.74 Å². The Labute approximate surface area is 134 Å². The highest BCUT2D eigenvalue weighted by atomic mass is 16.5. The van der Waals surface area contributed by atoms with E-state index in [4.69, 9.17) is 4.74 Å². The lowest BCUT2D eigenvalue weighted by Gasteiger charge is -2.16. The Morgan fingerprint density at radius 3 is 3.09 bits per heavy atom. The molecule has 0 saturated carbocycles. The number of anilines is 1. The van der Waals surface area contributed by atoms with E-state index < -0.39 is 0 Å². The van der Waals surface area contributed by atoms with Crippen LogP contribution in [0.3, 0.4) is 0 Å². The molecule has 3 rings (SSSR count). The monoisotopic (exact) mass is 315 g/mol. The second-order valence-corrected chi connectivity index (χ2v) is 5.59. The fourth-order valence-electron chi connectivity index (χ4n) is 2.57. The minimum absolute atomic E-state index is 0.0537. The summed E-state index contributed by atoms with van der Waals surface area (Å²) in [6, 6.07) is 3.69. The molecule has 0 amide bonds. The Morgan fingerprint density at radius 1 is 1.39 bits per heavy atom. The Hall–Kier alpha value is -2.41. The number of hydrogen-bond donors (Lipinski definition) is 3. The van der Waals surface area contributed by atoms with Crippen molar-refractivity contribution in [1.82, 2.24) is 20.3 Å². The second kappa shape index (κ2) is 7.23. The van der Waals surface area contributed by atoms with E-state index in [9.17, 15) is 4.79 Å². The molecule has 0 saturated heterocycles. The molecule has 122 valence electrons. The third-order valence-electron chi connectivity index (χ3n) is 3.72. The van der Waals surface area contributed by atoms with Crippen molar-refractivity contribution in [3.63, 3.8) is 0 Å². The Kier molecular flexibility index (Phi) is 4.87. The number of nitrogens with one attached hydrogen (secondary N) is 3. The number of aromatic nitrogens is 3. The van der Waals surface area contributed by atoms with Gasteiger partial charge in [-0.2, -0.15) is 0 Å². The molecule has 3 heterocycles. The number of pyridine rings is 1. The van der Waals surface area contributed by atoms with Gasteiger partial charge in [-0.3, -0.25) is 14.8 Å². The average molecular weight is 315 g/mol. The smallest absolute Gasteiger partial charge is 0.255 e. The zero-order chi connectivity index (χ0) is 16.1. The number of H-pyrrole nitrogens is 1. The molecule has 3 N–H and O–H groups in total. The van der Waals surface area contributed by atoms with E-state index >= 15 is 0 Å². The minimum atomic E-state index is -0.0787. The predicted octanol–water partition coefficient (Wildman–Crippen LogP) is 0.732. The molecule has 7 heteroatoms. The van der Waals surface area contributed by atoms with Crippen molar-refractivity contribution in [1.29, 1.82) is 0 Å². The van der Waals surface area contributed by atoms with Gasteiger partial charge in [0, 0.05) is 24.7 Å². The fraction of sp³-hybridized carbons (Fsp3) is 0.438. The number of ether oxygens (including phenoxy) is 1. The normalized spacial score (nSPS) is 15.3. The van der Waals surface area contributed by atoms with E-state index in [0.717, 1.165) is 42.9 Å². The van der Waals surface area contributed by atoms with Crippen LogP contribution >= 0.6 is 0 Å². The molecular weight excluding hydrogens is 294 g/mol. The van der Waals surface area contributed by atoms with Crippen molar-refractivity contribution in [2.24, 2.45) is 0 Å². The topological polar surface area (TPSA) is 91.9 Å². The van der Waals surface area contributed by atoms with Crippen molar-refractivity contribution in [3.05, 3.63) is 46.1 Å². The molecule has 23 heavy (non-hydrogen) atoms. The van der Waals surface area contributed by atoms with Gasteiger partial charge in [0.05, 0.1) is 18.4 Å². The molecule has 0 bridgehead atoms. The lowest BCUT2D eigenvalue weighted by Crippen LogP contribution is -2.26. The molecule has 0 unspecified atom stereocenters. The Balaban J connectivity index is 1.63. The van der Waals surface area contributed by atoms with E-state index in [1.165, 1.54) is 0 Å². The number of rotatable bonds is 5. The molecule has 1 atom stereocenters. The van der Waals surface area contributed by atoms with E-state index in [2.05, 4.69) is 25.6 Å². The zero-order valence-electron chi connectivity index (χ0n) is 13.1. The minimum Gasteiger partial charge on any atom is -0.487 e. The van der Waals surface area contributed by atoms with Crippen LogP contribution in [0.4, 0.5) is 5.95 Å². The first-order valence-electron chi connectivity index (χ1n) is 7.85. The molecule has 1 aliphatic rings. The van der Waals surface area contributed by atoms with Crippen LogP contribution in [0.5, 0.6) is 5.75 Å². The van der Waals surface area contributed by atoms with Crippen molar-refractivity contribution in [3.8, 4) is 5.75 Å². The third kappa shape index (κ3) is 4.07. The van der Waals surface area contributed by atoms with Crippen LogP contribution in [0.15, 0.2) is 29.3 Å². The molecule has 0 fully saturated rings. The number of fused-ring (bicyclic) bond motifs is 1. The molecule has 0 radical (unpaired) electrons. The largest absolute Gasteiger partial charge is 0.487 e. The van der Waals surface area contributed by atoms with Crippen LogP contribution in [-0.4, -0.2) is 40.7 Å². The van der Waals surface area contributed by atoms with Crippen molar-refractivity contribution in [2.75, 3.05) is 25.0 Å². The SMILES string of the molecule is C[C@H](CNc1nc2c(c(=O)[nH]1)CCNCC2)Oc1cccnc1. The lowest BCUT2D eigenvalue weighted by atomic mass is 10.1. The number of nitrogens with zero attached hydrogens (tertiary/aromatic N) is 2. The molecule has 0 aromatic carbocycles. The van der Waals surface area contributed by atoms with E-state index in [1.807, 2.05) is 19.1 Å². The Morgan fingerprint density at radius 2 is 2.26 bits per heavy atom. The van der Waals surface area contributed by atoms with Gasteiger partial charge in [-0.1, -0.05) is 0 Å². The quantitative estimate of drug-likeness (QED) is 0.753. The van der Waals surface area contributed by atoms with Gasteiger partial charge in [-0.05, 0) is 32.0 Å². The Bertz CT molecular complexity index is 701. The summed E-state index contributed by atoms with van der Waals surface area (Å²) in [4.78, 5) is 23.5. The summed E-state index contributed by atoms with van der Waals surface area (Å²) in [5.41, 5.74) is 1.62. The van der Waals surface area contributed by atoms with E-state index in [1.54, 1.807) is 12.4 Å². The third-order valence-corrected chi connectivity index (χ3v) is 3.72. The highest BCUT2D eigenvalue weighted by Gasteiger charge is 2.14. The van der Waals surface area contributed by atoms with Crippen LogP contribution in [-0.2, 0) is 12.8 Å². The van der Waals surface area contributed by atoms with Crippen LogP contribution in [0.1, 0.15) is 18.2 Å². The van der Waals surface area contributed by atoms with Gasteiger partial charge in [0.15, 0.2) is 0 Å². The summed E-state index contributed by atoms with van der Waals surface area (Å²) in [6.07, 6.45) is 4.79. The standard InChI is InChI=1S/C16H21N5O2/c1-11(23-12-3-2-6-18-10-12)9-19-16-20-14-5-8-17-7-4-13(14)15(22)21-16/h2-3,6,10-11,17H,4-5,7-9H2,1H3,(H2,19,20,21,22)/t11-/m1/s1. The molecule has 1 aliphatic heterocycles. The summed E-state index contributed by atoms with van der Waals surface area (Å²) >= 11 is 0. The summed E-state index contributed by atoms with van der Waals surface area (Å²) < 4.78 is 5.74. The maximum absolute atomic E-state index is 12.2. The number of aromatic amines is 1. The molecule has 2 aromatic rings. The summed E-state index contributed by atoms with van der Waals surface area (Å²) in [6.45, 7) is 4.16. The summed E-state index contributed by atoms with van der Waals surface area (Å²) in [5.74, 6) is 1.22. The maximum atomic E-state index is 12.2. The molecular formula is C16H21N5O2. The molecule has 0 spiro atoms. The van der Waals surface area contributed by atoms with Crippen molar-refractivity contribution in [2.45, 2.75) is 25.9 Å². The van der Waals surface area contributed by atoms with Gasteiger partial charge >= 0.3 is 0 Å². The number of hydrogen-bond acceptors (Lipinski definition) is 6. The van der Waals surface area contributed by atoms with Crippen LogP contribution < -0.4 is 20.9 Å². The first-order chi connectivity index (χ1) is 11.2. The highest BCUT2D eigenvalue weighted by Crippen LogP contribution is 2.10. The first kappa shape index (κ1) is 15.5. The molecule has 7 nitrogen and oxygen atoms in total. The van der Waals surface area contributed by atoms with Gasteiger partial charge < -0.3 is 15.4 Å². The maximum Gasteiger partial charge on any atom is 0.255 e. The zero-order valence-corrected chi connectivity index (χ0v) is 13.1.